The zero-order valence-corrected chi connectivity index (χ0v) is 18.4. The molecule has 1 aromatic carbocycles. The normalized spacial score (nSPS) is 15.7. The summed E-state index contributed by atoms with van der Waals surface area (Å²) in [6.07, 6.45) is -4.63. The molecule has 0 unspecified atom stereocenters. The largest absolute Gasteiger partial charge is 0.433 e. The lowest BCUT2D eigenvalue weighted by Crippen LogP contribution is -2.36. The van der Waals surface area contributed by atoms with Crippen LogP contribution in [0, 0.1) is 19.7 Å². The molecule has 0 radical (unpaired) electrons. The van der Waals surface area contributed by atoms with Gasteiger partial charge in [0.2, 0.25) is 0 Å². The van der Waals surface area contributed by atoms with Gasteiger partial charge in [-0.05, 0) is 50.1 Å². The third-order valence-electron chi connectivity index (χ3n) is 5.80. The Kier molecular flexibility index (Phi) is 6.00. The lowest BCUT2D eigenvalue weighted by Gasteiger charge is -2.29. The first-order valence-corrected chi connectivity index (χ1v) is 10.5. The van der Waals surface area contributed by atoms with Gasteiger partial charge in [0.25, 0.3) is 0 Å². The molecule has 3 heterocycles. The van der Waals surface area contributed by atoms with Crippen molar-refractivity contribution in [1.29, 1.82) is 0 Å². The molecule has 1 fully saturated rings. The Labute approximate surface area is 188 Å². The quantitative estimate of drug-likeness (QED) is 0.554. The monoisotopic (exact) mass is 464 g/mol. The molecule has 2 aromatic heterocycles. The van der Waals surface area contributed by atoms with Crippen LogP contribution >= 0.6 is 0 Å². The van der Waals surface area contributed by atoms with E-state index in [1.807, 2.05) is 4.90 Å². The van der Waals surface area contributed by atoms with Gasteiger partial charge in [-0.15, -0.1) is 5.10 Å². The average Bonchev–Trinajstić information content (AvgIpc) is 2.76. The second kappa shape index (κ2) is 8.62. The van der Waals surface area contributed by atoms with Crippen LogP contribution in [0.2, 0.25) is 0 Å². The number of aromatic nitrogens is 3. The molecule has 0 aliphatic carbocycles. The SMILES string of the molecule is Cc1c([C@@H](C)Nc2nnc(C)c3cc(F)c(N4CCOCC4)cc23)cc(N)nc1C(F)(F)F. The molecule has 0 spiro atoms. The molecule has 3 aromatic rings. The molecular weight excluding hydrogens is 440 g/mol. The number of ether oxygens (including phenoxy) is 1. The molecular formula is C22H24F4N6O. The van der Waals surface area contributed by atoms with Crippen LogP contribution in [0.3, 0.4) is 0 Å². The topological polar surface area (TPSA) is 89.2 Å². The van der Waals surface area contributed by atoms with Gasteiger partial charge in [-0.3, -0.25) is 0 Å². The summed E-state index contributed by atoms with van der Waals surface area (Å²) in [4.78, 5) is 5.36. The standard InChI is InChI=1S/C22H24F4N6O/c1-11-14(10-19(27)29-20(11)22(24,25)26)12(2)28-21-16-9-18(32-4-6-33-7-5-32)17(23)8-15(16)13(3)30-31-21/h8-10,12H,4-7H2,1-3H3,(H2,27,29)(H,28,31)/t12-/m1/s1. The fourth-order valence-corrected chi connectivity index (χ4v) is 4.10. The van der Waals surface area contributed by atoms with Gasteiger partial charge in [0, 0.05) is 23.9 Å². The fourth-order valence-electron chi connectivity index (χ4n) is 4.10. The fraction of sp³-hybridized carbons (Fsp3) is 0.409. The zero-order chi connectivity index (χ0) is 23.9. The van der Waals surface area contributed by atoms with E-state index in [9.17, 15) is 17.6 Å². The number of anilines is 3. The lowest BCUT2D eigenvalue weighted by atomic mass is 10.0. The molecule has 0 bridgehead atoms. The summed E-state index contributed by atoms with van der Waals surface area (Å²) in [5.74, 6) is -0.277. The van der Waals surface area contributed by atoms with Crippen molar-refractivity contribution in [3.8, 4) is 0 Å². The third kappa shape index (κ3) is 4.50. The summed E-state index contributed by atoms with van der Waals surface area (Å²) >= 11 is 0. The molecule has 11 heteroatoms. The number of nitrogens with two attached hydrogens (primary N) is 1. The Bertz CT molecular complexity index is 1190. The first-order chi connectivity index (χ1) is 15.6. The molecule has 1 aliphatic rings. The highest BCUT2D eigenvalue weighted by molar-refractivity contribution is 5.95. The number of benzene rings is 1. The number of pyridine rings is 1. The highest BCUT2D eigenvalue weighted by atomic mass is 19.4. The minimum atomic E-state index is -4.63. The van der Waals surface area contributed by atoms with E-state index in [2.05, 4.69) is 20.5 Å². The molecule has 1 saturated heterocycles. The minimum absolute atomic E-state index is 0.0267. The van der Waals surface area contributed by atoms with E-state index in [4.69, 9.17) is 10.5 Å². The molecule has 4 rings (SSSR count). The van der Waals surface area contributed by atoms with Crippen molar-refractivity contribution in [1.82, 2.24) is 15.2 Å². The van der Waals surface area contributed by atoms with Crippen LogP contribution in [0.25, 0.3) is 10.8 Å². The first-order valence-electron chi connectivity index (χ1n) is 10.5. The number of rotatable bonds is 4. The number of hydrogen-bond acceptors (Lipinski definition) is 7. The van der Waals surface area contributed by atoms with Crippen molar-refractivity contribution in [2.75, 3.05) is 42.3 Å². The van der Waals surface area contributed by atoms with E-state index < -0.39 is 17.9 Å². The Hall–Kier alpha value is -3.21. The van der Waals surface area contributed by atoms with E-state index in [0.717, 1.165) is 0 Å². The number of morpholine rings is 1. The van der Waals surface area contributed by atoms with Crippen molar-refractivity contribution in [3.63, 3.8) is 0 Å². The molecule has 0 amide bonds. The van der Waals surface area contributed by atoms with Gasteiger partial charge in [-0.1, -0.05) is 0 Å². The van der Waals surface area contributed by atoms with Gasteiger partial charge < -0.3 is 20.7 Å². The van der Waals surface area contributed by atoms with Crippen molar-refractivity contribution in [2.45, 2.75) is 33.0 Å². The maximum atomic E-state index is 14.9. The average molecular weight is 464 g/mol. The summed E-state index contributed by atoms with van der Waals surface area (Å²) in [6, 6.07) is 3.91. The van der Waals surface area contributed by atoms with Crippen LogP contribution in [-0.4, -0.2) is 41.5 Å². The van der Waals surface area contributed by atoms with Crippen LogP contribution in [0.15, 0.2) is 18.2 Å². The highest BCUT2D eigenvalue weighted by Crippen LogP contribution is 2.36. The Morgan fingerprint density at radius 2 is 1.79 bits per heavy atom. The molecule has 176 valence electrons. The predicted molar refractivity (Wildman–Crippen MR) is 118 cm³/mol. The Morgan fingerprint density at radius 1 is 1.09 bits per heavy atom. The number of nitrogens with zero attached hydrogens (tertiary/aromatic N) is 4. The third-order valence-corrected chi connectivity index (χ3v) is 5.80. The summed E-state index contributed by atoms with van der Waals surface area (Å²) < 4.78 is 60.5. The van der Waals surface area contributed by atoms with E-state index in [-0.39, 0.29) is 17.2 Å². The van der Waals surface area contributed by atoms with Gasteiger partial charge in [0.15, 0.2) is 5.82 Å². The maximum Gasteiger partial charge on any atom is 0.433 e. The highest BCUT2D eigenvalue weighted by Gasteiger charge is 2.36. The predicted octanol–water partition coefficient (Wildman–Crippen LogP) is 4.39. The maximum absolute atomic E-state index is 14.9. The molecule has 7 nitrogen and oxygen atoms in total. The molecule has 1 atom stereocenters. The molecule has 3 N–H and O–H groups in total. The number of halogens is 4. The summed E-state index contributed by atoms with van der Waals surface area (Å²) in [7, 11) is 0. The van der Waals surface area contributed by atoms with E-state index in [1.54, 1.807) is 19.9 Å². The minimum Gasteiger partial charge on any atom is -0.384 e. The first kappa shape index (κ1) is 23.0. The summed E-state index contributed by atoms with van der Waals surface area (Å²) in [5.41, 5.74) is 5.90. The Morgan fingerprint density at radius 3 is 2.45 bits per heavy atom. The van der Waals surface area contributed by atoms with Crippen LogP contribution in [0.4, 0.5) is 34.9 Å². The van der Waals surface area contributed by atoms with E-state index in [1.165, 1.54) is 19.1 Å². The summed E-state index contributed by atoms with van der Waals surface area (Å²) in [6.45, 7) is 6.87. The number of nitrogen functional groups attached to an aromatic ring is 1. The number of aryl methyl sites for hydroxylation is 1. The number of alkyl halides is 3. The summed E-state index contributed by atoms with van der Waals surface area (Å²) in [5, 5.41) is 12.6. The van der Waals surface area contributed by atoms with Gasteiger partial charge >= 0.3 is 6.18 Å². The second-order valence-corrected chi connectivity index (χ2v) is 8.06. The smallest absolute Gasteiger partial charge is 0.384 e. The number of nitrogens with one attached hydrogen (secondary N) is 1. The second-order valence-electron chi connectivity index (χ2n) is 8.06. The van der Waals surface area contributed by atoms with Crippen molar-refractivity contribution < 1.29 is 22.3 Å². The van der Waals surface area contributed by atoms with Crippen LogP contribution < -0.4 is 16.0 Å². The van der Waals surface area contributed by atoms with Crippen molar-refractivity contribution >= 4 is 28.1 Å². The van der Waals surface area contributed by atoms with E-state index >= 15 is 0 Å². The number of fused-ring (bicyclic) bond motifs is 1. The molecule has 33 heavy (non-hydrogen) atoms. The van der Waals surface area contributed by atoms with Crippen LogP contribution in [0.1, 0.15) is 35.5 Å². The van der Waals surface area contributed by atoms with Gasteiger partial charge in [-0.25, -0.2) is 9.37 Å². The van der Waals surface area contributed by atoms with E-state index in [0.29, 0.717) is 59.8 Å². The zero-order valence-electron chi connectivity index (χ0n) is 18.4. The lowest BCUT2D eigenvalue weighted by molar-refractivity contribution is -0.141. The van der Waals surface area contributed by atoms with Crippen LogP contribution in [0.5, 0.6) is 0 Å². The van der Waals surface area contributed by atoms with Crippen molar-refractivity contribution in [2.24, 2.45) is 0 Å². The van der Waals surface area contributed by atoms with Crippen molar-refractivity contribution in [3.05, 3.63) is 46.5 Å². The molecule has 0 saturated carbocycles. The Balaban J connectivity index is 1.76. The molecule has 1 aliphatic heterocycles. The van der Waals surface area contributed by atoms with Gasteiger partial charge in [0.1, 0.15) is 17.3 Å². The van der Waals surface area contributed by atoms with Crippen LogP contribution in [-0.2, 0) is 10.9 Å². The van der Waals surface area contributed by atoms with Gasteiger partial charge in [0.05, 0.1) is 30.6 Å². The number of hydrogen-bond donors (Lipinski definition) is 2. The van der Waals surface area contributed by atoms with Gasteiger partial charge in [-0.2, -0.15) is 18.3 Å².